The van der Waals surface area contributed by atoms with Crippen LogP contribution in [0.25, 0.3) is 22.4 Å². The minimum atomic E-state index is -0.659. The Morgan fingerprint density at radius 3 is 2.41 bits per heavy atom. The molecule has 1 aromatic heterocycles. The zero-order valence-corrected chi connectivity index (χ0v) is 16.2. The summed E-state index contributed by atoms with van der Waals surface area (Å²) in [5.41, 5.74) is 2.94. The van der Waals surface area contributed by atoms with Gasteiger partial charge in [0, 0.05) is 10.0 Å². The van der Waals surface area contributed by atoms with Gasteiger partial charge in [0.1, 0.15) is 24.3 Å². The number of hydrogen-bond acceptors (Lipinski definition) is 3. The van der Waals surface area contributed by atoms with E-state index in [-0.39, 0.29) is 6.61 Å². The Morgan fingerprint density at radius 2 is 1.63 bits per heavy atom. The molecule has 4 nitrogen and oxygen atoms in total. The maximum Gasteiger partial charge on any atom is 0.141 e. The first-order chi connectivity index (χ1) is 13.2. The summed E-state index contributed by atoms with van der Waals surface area (Å²) in [5, 5.41) is 10.6. The lowest BCUT2D eigenvalue weighted by Crippen LogP contribution is -2.24. The monoisotopic (exact) mass is 422 g/mol. The maximum atomic E-state index is 10.6. The van der Waals surface area contributed by atoms with Crippen LogP contribution in [0.15, 0.2) is 83.3 Å². The Morgan fingerprint density at radius 1 is 0.926 bits per heavy atom. The summed E-state index contributed by atoms with van der Waals surface area (Å²) in [4.78, 5) is 4.77. The molecule has 0 aliphatic heterocycles. The number of nitrogens with zero attached hydrogens (tertiary/aromatic N) is 2. The summed E-state index contributed by atoms with van der Waals surface area (Å²) in [7, 11) is 0. The van der Waals surface area contributed by atoms with Gasteiger partial charge in [-0.1, -0.05) is 58.4 Å². The van der Waals surface area contributed by atoms with Gasteiger partial charge in [0.05, 0.1) is 17.6 Å². The predicted octanol–water partition coefficient (Wildman–Crippen LogP) is 4.91. The van der Waals surface area contributed by atoms with Crippen LogP contribution in [0.5, 0.6) is 5.75 Å². The summed E-state index contributed by atoms with van der Waals surface area (Å²) in [6.45, 7) is 0.615. The van der Waals surface area contributed by atoms with E-state index in [0.717, 1.165) is 32.6 Å². The number of aromatic nitrogens is 2. The van der Waals surface area contributed by atoms with Crippen molar-refractivity contribution < 1.29 is 9.84 Å². The number of benzene rings is 3. The summed E-state index contributed by atoms with van der Waals surface area (Å²) >= 11 is 3.40. The van der Waals surface area contributed by atoms with Crippen molar-refractivity contribution in [3.05, 3.63) is 83.3 Å². The molecular weight excluding hydrogens is 404 g/mol. The summed E-state index contributed by atoms with van der Waals surface area (Å²) in [5.74, 6) is 1.58. The van der Waals surface area contributed by atoms with Crippen molar-refractivity contribution >= 4 is 27.0 Å². The lowest BCUT2D eigenvalue weighted by Gasteiger charge is -2.16. The van der Waals surface area contributed by atoms with Crippen LogP contribution in [0.3, 0.4) is 0 Å². The van der Waals surface area contributed by atoms with Crippen molar-refractivity contribution in [2.75, 3.05) is 6.61 Å². The molecule has 0 bridgehead atoms. The van der Waals surface area contributed by atoms with Gasteiger partial charge in [-0.05, 0) is 36.4 Å². The van der Waals surface area contributed by atoms with Crippen molar-refractivity contribution in [1.29, 1.82) is 0 Å². The zero-order chi connectivity index (χ0) is 18.6. The highest BCUT2D eigenvalue weighted by Crippen LogP contribution is 2.25. The van der Waals surface area contributed by atoms with Gasteiger partial charge in [-0.3, -0.25) is 0 Å². The fraction of sp³-hybridized carbons (Fsp3) is 0.136. The van der Waals surface area contributed by atoms with Crippen molar-refractivity contribution in [3.8, 4) is 17.1 Å². The first-order valence-corrected chi connectivity index (χ1v) is 9.57. The quantitative estimate of drug-likeness (QED) is 0.480. The average molecular weight is 423 g/mol. The third-order valence-electron chi connectivity index (χ3n) is 4.34. The normalized spacial score (nSPS) is 12.2. The van der Waals surface area contributed by atoms with E-state index < -0.39 is 6.10 Å². The SMILES string of the molecule is OC(COc1ccc(Br)cc1)Cn1c(-c2ccccc2)nc2ccccc21. The van der Waals surface area contributed by atoms with Crippen molar-refractivity contribution in [3.63, 3.8) is 0 Å². The van der Waals surface area contributed by atoms with Crippen LogP contribution in [-0.2, 0) is 6.54 Å². The molecule has 1 N–H and O–H groups in total. The van der Waals surface area contributed by atoms with E-state index in [0.29, 0.717) is 6.54 Å². The minimum Gasteiger partial charge on any atom is -0.491 e. The fourth-order valence-electron chi connectivity index (χ4n) is 3.05. The highest BCUT2D eigenvalue weighted by Gasteiger charge is 2.16. The number of rotatable bonds is 6. The molecule has 1 heterocycles. The zero-order valence-electron chi connectivity index (χ0n) is 14.6. The fourth-order valence-corrected chi connectivity index (χ4v) is 3.32. The Kier molecular flexibility index (Phi) is 5.23. The molecule has 136 valence electrons. The smallest absolute Gasteiger partial charge is 0.141 e. The Bertz CT molecular complexity index is 1030. The molecule has 3 aromatic carbocycles. The molecule has 5 heteroatoms. The third-order valence-corrected chi connectivity index (χ3v) is 4.86. The molecular formula is C22H19BrN2O2. The largest absolute Gasteiger partial charge is 0.491 e. The average Bonchev–Trinajstić information content (AvgIpc) is 3.07. The predicted molar refractivity (Wildman–Crippen MR) is 111 cm³/mol. The van der Waals surface area contributed by atoms with Gasteiger partial charge in [-0.15, -0.1) is 0 Å². The lowest BCUT2D eigenvalue weighted by molar-refractivity contribution is 0.0938. The van der Waals surface area contributed by atoms with E-state index in [1.807, 2.05) is 78.9 Å². The second-order valence-corrected chi connectivity index (χ2v) is 7.24. The number of fused-ring (bicyclic) bond motifs is 1. The summed E-state index contributed by atoms with van der Waals surface area (Å²) in [6.07, 6.45) is -0.659. The summed E-state index contributed by atoms with van der Waals surface area (Å²) < 4.78 is 8.77. The molecule has 0 radical (unpaired) electrons. The van der Waals surface area contributed by atoms with Gasteiger partial charge < -0.3 is 14.4 Å². The van der Waals surface area contributed by atoms with Crippen molar-refractivity contribution in [2.45, 2.75) is 12.6 Å². The van der Waals surface area contributed by atoms with Gasteiger partial charge >= 0.3 is 0 Å². The van der Waals surface area contributed by atoms with Crippen LogP contribution in [0.4, 0.5) is 0 Å². The Balaban J connectivity index is 1.58. The molecule has 0 aliphatic carbocycles. The van der Waals surface area contributed by atoms with Gasteiger partial charge in [0.2, 0.25) is 0 Å². The van der Waals surface area contributed by atoms with Crippen LogP contribution in [0, 0.1) is 0 Å². The van der Waals surface area contributed by atoms with Crippen LogP contribution in [0.1, 0.15) is 0 Å². The van der Waals surface area contributed by atoms with Crippen molar-refractivity contribution in [2.24, 2.45) is 0 Å². The molecule has 0 saturated carbocycles. The summed E-state index contributed by atoms with van der Waals surface area (Å²) in [6, 6.07) is 25.6. The minimum absolute atomic E-state index is 0.211. The van der Waals surface area contributed by atoms with E-state index in [4.69, 9.17) is 9.72 Å². The Hall–Kier alpha value is -2.63. The number of halogens is 1. The first kappa shape index (κ1) is 17.8. The van der Waals surface area contributed by atoms with E-state index in [1.165, 1.54) is 0 Å². The third kappa shape index (κ3) is 4.04. The molecule has 0 amide bonds. The number of aliphatic hydroxyl groups excluding tert-OH is 1. The number of aliphatic hydroxyl groups is 1. The number of hydrogen-bond donors (Lipinski definition) is 1. The molecule has 0 fully saturated rings. The number of imidazole rings is 1. The molecule has 0 aliphatic rings. The van der Waals surface area contributed by atoms with Gasteiger partial charge in [-0.2, -0.15) is 0 Å². The maximum absolute atomic E-state index is 10.6. The lowest BCUT2D eigenvalue weighted by atomic mass is 10.2. The molecule has 27 heavy (non-hydrogen) atoms. The molecule has 1 unspecified atom stereocenters. The van der Waals surface area contributed by atoms with E-state index in [2.05, 4.69) is 20.5 Å². The van der Waals surface area contributed by atoms with Gasteiger partial charge in [0.25, 0.3) is 0 Å². The second kappa shape index (κ2) is 7.94. The Labute approximate surface area is 166 Å². The molecule has 4 aromatic rings. The topological polar surface area (TPSA) is 47.3 Å². The first-order valence-electron chi connectivity index (χ1n) is 8.78. The van der Waals surface area contributed by atoms with E-state index >= 15 is 0 Å². The number of ether oxygens (including phenoxy) is 1. The molecule has 0 saturated heterocycles. The standard InChI is InChI=1S/C22H19BrN2O2/c23-17-10-12-19(13-11-17)27-15-18(26)14-25-21-9-5-4-8-20(21)24-22(25)16-6-2-1-3-7-16/h1-13,18,26H,14-15H2. The van der Waals surface area contributed by atoms with Crippen molar-refractivity contribution in [1.82, 2.24) is 9.55 Å². The van der Waals surface area contributed by atoms with Gasteiger partial charge in [-0.25, -0.2) is 4.98 Å². The van der Waals surface area contributed by atoms with E-state index in [9.17, 15) is 5.11 Å². The molecule has 0 spiro atoms. The highest BCUT2D eigenvalue weighted by molar-refractivity contribution is 9.10. The number of para-hydroxylation sites is 2. The van der Waals surface area contributed by atoms with Crippen LogP contribution in [-0.4, -0.2) is 27.4 Å². The molecule has 4 rings (SSSR count). The van der Waals surface area contributed by atoms with Gasteiger partial charge in [0.15, 0.2) is 0 Å². The molecule has 1 atom stereocenters. The van der Waals surface area contributed by atoms with E-state index in [1.54, 1.807) is 0 Å². The second-order valence-electron chi connectivity index (χ2n) is 6.32. The van der Waals surface area contributed by atoms with Crippen LogP contribution < -0.4 is 4.74 Å². The highest BCUT2D eigenvalue weighted by atomic mass is 79.9. The van der Waals surface area contributed by atoms with Crippen LogP contribution >= 0.6 is 15.9 Å². The van der Waals surface area contributed by atoms with Crippen LogP contribution in [0.2, 0.25) is 0 Å².